The Morgan fingerprint density at radius 1 is 1.00 bits per heavy atom. The van der Waals surface area contributed by atoms with Gasteiger partial charge in [-0.3, -0.25) is 9.20 Å². The smallest absolute Gasteiger partial charge is 0.248 e. The molecule has 4 aromatic rings. The lowest BCUT2D eigenvalue weighted by Crippen LogP contribution is -2.29. The first kappa shape index (κ1) is 17.5. The Bertz CT molecular complexity index is 1190. The lowest BCUT2D eigenvalue weighted by Gasteiger charge is -2.27. The van der Waals surface area contributed by atoms with Crippen LogP contribution in [-0.2, 0) is 0 Å². The second kappa shape index (κ2) is 7.43. The summed E-state index contributed by atoms with van der Waals surface area (Å²) in [7, 11) is 0. The molecule has 7 nitrogen and oxygen atoms in total. The van der Waals surface area contributed by atoms with Gasteiger partial charge in [0.15, 0.2) is 5.65 Å². The maximum Gasteiger partial charge on any atom is 0.248 e. The number of H-pyrrole nitrogens is 1. The third-order valence-corrected chi connectivity index (χ3v) is 5.33. The van der Waals surface area contributed by atoms with Crippen LogP contribution in [0.15, 0.2) is 66.0 Å². The van der Waals surface area contributed by atoms with Crippen molar-refractivity contribution in [3.05, 3.63) is 71.5 Å². The molecule has 1 fully saturated rings. The molecule has 0 amide bonds. The highest BCUT2D eigenvalue weighted by Crippen LogP contribution is 2.27. The predicted molar refractivity (Wildman–Crippen MR) is 115 cm³/mol. The average molecular weight is 386 g/mol. The van der Waals surface area contributed by atoms with E-state index in [9.17, 15) is 4.79 Å². The van der Waals surface area contributed by atoms with Crippen molar-refractivity contribution < 1.29 is 0 Å². The number of hydrogen-bond donors (Lipinski definition) is 2. The number of hydrogen-bond acceptors (Lipinski definition) is 5. The molecule has 0 aliphatic carbocycles. The highest BCUT2D eigenvalue weighted by Gasteiger charge is 2.13. The molecule has 1 aliphatic rings. The summed E-state index contributed by atoms with van der Waals surface area (Å²) in [6.07, 6.45) is 11.0. The first-order valence-corrected chi connectivity index (χ1v) is 9.91. The highest BCUT2D eigenvalue weighted by atomic mass is 16.1. The summed E-state index contributed by atoms with van der Waals surface area (Å²) in [5.41, 5.74) is 4.22. The second-order valence-electron chi connectivity index (χ2n) is 7.27. The molecule has 146 valence electrons. The van der Waals surface area contributed by atoms with Gasteiger partial charge in [-0.2, -0.15) is 0 Å². The number of nitrogens with zero attached hydrogens (tertiary/aromatic N) is 4. The van der Waals surface area contributed by atoms with Crippen molar-refractivity contribution in [1.82, 2.24) is 19.4 Å². The number of aromatic nitrogens is 4. The van der Waals surface area contributed by atoms with Crippen molar-refractivity contribution in [2.75, 3.05) is 23.3 Å². The minimum absolute atomic E-state index is 0.127. The Morgan fingerprint density at radius 2 is 1.90 bits per heavy atom. The summed E-state index contributed by atoms with van der Waals surface area (Å²) in [6.45, 7) is 2.16. The van der Waals surface area contributed by atoms with Gasteiger partial charge < -0.3 is 15.2 Å². The fourth-order valence-corrected chi connectivity index (χ4v) is 3.88. The van der Waals surface area contributed by atoms with Gasteiger partial charge in [-0.25, -0.2) is 9.97 Å². The normalized spacial score (nSPS) is 14.3. The van der Waals surface area contributed by atoms with E-state index >= 15 is 0 Å². The van der Waals surface area contributed by atoms with Crippen LogP contribution in [0.1, 0.15) is 19.3 Å². The third kappa shape index (κ3) is 3.47. The molecule has 4 aromatic heterocycles. The Morgan fingerprint density at radius 3 is 2.69 bits per heavy atom. The van der Waals surface area contributed by atoms with Crippen molar-refractivity contribution in [3.63, 3.8) is 0 Å². The van der Waals surface area contributed by atoms with Gasteiger partial charge in [0, 0.05) is 43.3 Å². The fraction of sp³-hybridized carbons (Fsp3) is 0.227. The van der Waals surface area contributed by atoms with E-state index in [1.165, 1.54) is 19.3 Å². The summed E-state index contributed by atoms with van der Waals surface area (Å²) in [4.78, 5) is 25.8. The molecular formula is C22H22N6O. The summed E-state index contributed by atoms with van der Waals surface area (Å²) >= 11 is 0. The van der Waals surface area contributed by atoms with Crippen LogP contribution in [0.2, 0.25) is 0 Å². The number of nitrogens with one attached hydrogen (secondary N) is 2. The van der Waals surface area contributed by atoms with Crippen molar-refractivity contribution in [3.8, 4) is 11.3 Å². The third-order valence-electron chi connectivity index (χ3n) is 5.33. The topological polar surface area (TPSA) is 78.3 Å². The molecule has 1 saturated heterocycles. The van der Waals surface area contributed by atoms with Gasteiger partial charge in [0.2, 0.25) is 5.56 Å². The number of pyridine rings is 3. The Balaban J connectivity index is 1.43. The van der Waals surface area contributed by atoms with Gasteiger partial charge in [0.05, 0.1) is 23.3 Å². The first-order chi connectivity index (χ1) is 14.3. The van der Waals surface area contributed by atoms with E-state index in [0.29, 0.717) is 0 Å². The quantitative estimate of drug-likeness (QED) is 0.557. The molecule has 5 rings (SSSR count). The van der Waals surface area contributed by atoms with Crippen LogP contribution >= 0.6 is 0 Å². The van der Waals surface area contributed by atoms with E-state index in [0.717, 1.165) is 47.2 Å². The van der Waals surface area contributed by atoms with E-state index in [4.69, 9.17) is 0 Å². The van der Waals surface area contributed by atoms with Gasteiger partial charge in [0.25, 0.3) is 0 Å². The number of imidazole rings is 1. The van der Waals surface area contributed by atoms with E-state index < -0.39 is 0 Å². The molecule has 7 heteroatoms. The van der Waals surface area contributed by atoms with Crippen LogP contribution in [0, 0.1) is 0 Å². The van der Waals surface area contributed by atoms with Gasteiger partial charge in [-0.1, -0.05) is 0 Å². The van der Waals surface area contributed by atoms with Crippen LogP contribution in [0.25, 0.3) is 16.9 Å². The minimum atomic E-state index is -0.127. The maximum absolute atomic E-state index is 11.7. The number of aromatic amines is 1. The monoisotopic (exact) mass is 386 g/mol. The van der Waals surface area contributed by atoms with Crippen molar-refractivity contribution in [1.29, 1.82) is 0 Å². The zero-order chi connectivity index (χ0) is 19.6. The van der Waals surface area contributed by atoms with Gasteiger partial charge in [-0.05, 0) is 49.6 Å². The largest absolute Gasteiger partial charge is 0.357 e. The van der Waals surface area contributed by atoms with E-state index in [1.807, 2.05) is 35.0 Å². The van der Waals surface area contributed by atoms with E-state index in [1.54, 1.807) is 18.5 Å². The lowest BCUT2D eigenvalue weighted by atomic mass is 10.1. The molecule has 5 heterocycles. The number of rotatable bonds is 4. The molecule has 0 aromatic carbocycles. The summed E-state index contributed by atoms with van der Waals surface area (Å²) in [5, 5.41) is 3.42. The van der Waals surface area contributed by atoms with E-state index in [2.05, 4.69) is 37.3 Å². The number of fused-ring (bicyclic) bond motifs is 1. The van der Waals surface area contributed by atoms with Crippen molar-refractivity contribution in [2.24, 2.45) is 0 Å². The van der Waals surface area contributed by atoms with Crippen LogP contribution in [0.3, 0.4) is 0 Å². The Kier molecular flexibility index (Phi) is 4.48. The highest BCUT2D eigenvalue weighted by molar-refractivity contribution is 5.78. The summed E-state index contributed by atoms with van der Waals surface area (Å²) in [6, 6.07) is 11.6. The van der Waals surface area contributed by atoms with Crippen LogP contribution < -0.4 is 15.8 Å². The van der Waals surface area contributed by atoms with Crippen LogP contribution in [0.5, 0.6) is 0 Å². The molecule has 2 N–H and O–H groups in total. The molecule has 0 unspecified atom stereocenters. The Labute approximate surface area is 168 Å². The zero-order valence-corrected chi connectivity index (χ0v) is 16.0. The molecule has 0 saturated carbocycles. The molecule has 1 aliphatic heterocycles. The van der Waals surface area contributed by atoms with Crippen LogP contribution in [-0.4, -0.2) is 32.4 Å². The first-order valence-electron chi connectivity index (χ1n) is 9.91. The molecule has 29 heavy (non-hydrogen) atoms. The average Bonchev–Trinajstić information content (AvgIpc) is 3.26. The molecule has 0 atom stereocenters. The van der Waals surface area contributed by atoms with Gasteiger partial charge in [0.1, 0.15) is 5.82 Å². The van der Waals surface area contributed by atoms with E-state index in [-0.39, 0.29) is 5.56 Å². The number of anilines is 3. The maximum atomic E-state index is 11.7. The Hall–Kier alpha value is -3.61. The fourth-order valence-electron chi connectivity index (χ4n) is 3.88. The SMILES string of the molecule is O=c1cc(-c2ccc(Nc3ccc(N4CCCCC4)nc3)c3nccn23)cc[nH]1. The molecule has 0 radical (unpaired) electrons. The second-order valence-corrected chi connectivity index (χ2v) is 7.27. The van der Waals surface area contributed by atoms with Gasteiger partial charge in [-0.15, -0.1) is 0 Å². The van der Waals surface area contributed by atoms with Crippen molar-refractivity contribution >= 4 is 22.8 Å². The van der Waals surface area contributed by atoms with Crippen LogP contribution in [0.4, 0.5) is 17.2 Å². The molecule has 0 spiro atoms. The van der Waals surface area contributed by atoms with Gasteiger partial charge >= 0.3 is 0 Å². The lowest BCUT2D eigenvalue weighted by molar-refractivity contribution is 0.573. The standard InChI is InChI=1S/C22H22N6O/c29-21-14-16(8-9-23-21)19-6-5-18(22-24-10-13-28(19)22)26-17-4-7-20(25-15-17)27-11-2-1-3-12-27/h4-10,13-15,26H,1-3,11-12H2,(H,23,29). The predicted octanol–water partition coefficient (Wildman–Crippen LogP) is 3.82. The molecular weight excluding hydrogens is 364 g/mol. The summed E-state index contributed by atoms with van der Waals surface area (Å²) in [5.74, 6) is 1.03. The molecule has 0 bridgehead atoms. The minimum Gasteiger partial charge on any atom is -0.357 e. The zero-order valence-electron chi connectivity index (χ0n) is 16.0. The van der Waals surface area contributed by atoms with Crippen molar-refractivity contribution in [2.45, 2.75) is 19.3 Å². The number of piperidine rings is 1. The summed E-state index contributed by atoms with van der Waals surface area (Å²) < 4.78 is 1.98.